The molecule has 3 aliphatic rings. The first-order chi connectivity index (χ1) is 6.80. The summed E-state index contributed by atoms with van der Waals surface area (Å²) in [5, 5.41) is 0. The van der Waals surface area contributed by atoms with Crippen LogP contribution >= 0.6 is 0 Å². The SMILES string of the molecule is CCC1(CC)C=C[C@H]2[C@H]1[C@@H]1C=C[C@H]2C1. The summed E-state index contributed by atoms with van der Waals surface area (Å²) in [7, 11) is 0. The Morgan fingerprint density at radius 1 is 1.07 bits per heavy atom. The van der Waals surface area contributed by atoms with E-state index in [-0.39, 0.29) is 0 Å². The van der Waals surface area contributed by atoms with Crippen LogP contribution in [0, 0.1) is 29.1 Å². The van der Waals surface area contributed by atoms with Crippen molar-refractivity contribution in [2.45, 2.75) is 33.1 Å². The Morgan fingerprint density at radius 3 is 2.50 bits per heavy atom. The lowest BCUT2D eigenvalue weighted by molar-refractivity contribution is 0.169. The highest BCUT2D eigenvalue weighted by Gasteiger charge is 2.53. The van der Waals surface area contributed by atoms with E-state index in [1.165, 1.54) is 19.3 Å². The number of hydrogen-bond donors (Lipinski definition) is 0. The van der Waals surface area contributed by atoms with Crippen LogP contribution in [0.4, 0.5) is 0 Å². The van der Waals surface area contributed by atoms with Gasteiger partial charge in [-0.1, -0.05) is 38.2 Å². The molecule has 0 radical (unpaired) electrons. The van der Waals surface area contributed by atoms with Gasteiger partial charge in [-0.3, -0.25) is 0 Å². The van der Waals surface area contributed by atoms with E-state index in [1.54, 1.807) is 0 Å². The standard InChI is InChI=1S/C14H20/c1-3-14(4-2)8-7-12-10-5-6-11(9-10)13(12)14/h5-8,10-13H,3-4,9H2,1-2H3/t10-,11+,12+,13+/m0/s1. The molecule has 0 amide bonds. The van der Waals surface area contributed by atoms with Crippen LogP contribution in [0.2, 0.25) is 0 Å². The molecule has 3 aliphatic carbocycles. The Bertz CT molecular complexity index is 293. The number of fused-ring (bicyclic) bond motifs is 5. The van der Waals surface area contributed by atoms with Crippen LogP contribution in [0.5, 0.6) is 0 Å². The van der Waals surface area contributed by atoms with E-state index in [0.29, 0.717) is 5.41 Å². The van der Waals surface area contributed by atoms with Crippen molar-refractivity contribution in [1.82, 2.24) is 0 Å². The first kappa shape index (κ1) is 8.76. The fraction of sp³-hybridized carbons (Fsp3) is 0.714. The highest BCUT2D eigenvalue weighted by Crippen LogP contribution is 2.61. The van der Waals surface area contributed by atoms with Gasteiger partial charge >= 0.3 is 0 Å². The maximum atomic E-state index is 2.55. The second-order valence-electron chi connectivity index (χ2n) is 5.35. The van der Waals surface area contributed by atoms with E-state index in [0.717, 1.165) is 23.7 Å². The van der Waals surface area contributed by atoms with Gasteiger partial charge in [-0.15, -0.1) is 0 Å². The summed E-state index contributed by atoms with van der Waals surface area (Å²) in [6.07, 6.45) is 14.2. The zero-order chi connectivity index (χ0) is 9.76. The van der Waals surface area contributed by atoms with Gasteiger partial charge in [0.15, 0.2) is 0 Å². The lowest BCUT2D eigenvalue weighted by Gasteiger charge is -2.37. The smallest absolute Gasteiger partial charge is 0.00837 e. The summed E-state index contributed by atoms with van der Waals surface area (Å²) in [6, 6.07) is 0. The molecule has 0 aromatic carbocycles. The van der Waals surface area contributed by atoms with E-state index in [2.05, 4.69) is 38.2 Å². The zero-order valence-electron chi connectivity index (χ0n) is 9.24. The van der Waals surface area contributed by atoms with Crippen molar-refractivity contribution < 1.29 is 0 Å². The Kier molecular flexibility index (Phi) is 1.72. The summed E-state index contributed by atoms with van der Waals surface area (Å²) in [5.74, 6) is 3.64. The van der Waals surface area contributed by atoms with Gasteiger partial charge in [-0.05, 0) is 48.3 Å². The molecular weight excluding hydrogens is 168 g/mol. The molecule has 3 rings (SSSR count). The van der Waals surface area contributed by atoms with Gasteiger partial charge in [-0.25, -0.2) is 0 Å². The summed E-state index contributed by atoms with van der Waals surface area (Å²) in [5.41, 5.74) is 0.550. The normalized spacial score (nSPS) is 46.1. The monoisotopic (exact) mass is 188 g/mol. The third-order valence-corrected chi connectivity index (χ3v) is 5.15. The molecule has 76 valence electrons. The van der Waals surface area contributed by atoms with E-state index in [9.17, 15) is 0 Å². The molecule has 4 atom stereocenters. The lowest BCUT2D eigenvalue weighted by atomic mass is 9.67. The molecule has 0 nitrogen and oxygen atoms in total. The van der Waals surface area contributed by atoms with Crippen LogP contribution in [0.25, 0.3) is 0 Å². The fourth-order valence-electron chi connectivity index (χ4n) is 4.30. The molecule has 0 heterocycles. The summed E-state index contributed by atoms with van der Waals surface area (Å²) in [6.45, 7) is 4.73. The van der Waals surface area contributed by atoms with Crippen molar-refractivity contribution >= 4 is 0 Å². The second kappa shape index (κ2) is 2.74. The quantitative estimate of drug-likeness (QED) is 0.578. The minimum absolute atomic E-state index is 0.550. The van der Waals surface area contributed by atoms with Gasteiger partial charge < -0.3 is 0 Å². The predicted octanol–water partition coefficient (Wildman–Crippen LogP) is 3.80. The molecule has 0 heteroatoms. The van der Waals surface area contributed by atoms with Crippen molar-refractivity contribution in [1.29, 1.82) is 0 Å². The number of hydrogen-bond acceptors (Lipinski definition) is 0. The Balaban J connectivity index is 1.99. The van der Waals surface area contributed by atoms with Crippen LogP contribution in [-0.4, -0.2) is 0 Å². The van der Waals surface area contributed by atoms with Crippen molar-refractivity contribution in [3.63, 3.8) is 0 Å². The van der Waals surface area contributed by atoms with E-state index >= 15 is 0 Å². The minimum atomic E-state index is 0.550. The van der Waals surface area contributed by atoms with E-state index in [1.807, 2.05) is 0 Å². The van der Waals surface area contributed by atoms with Gasteiger partial charge in [-0.2, -0.15) is 0 Å². The van der Waals surface area contributed by atoms with Gasteiger partial charge in [0.25, 0.3) is 0 Å². The molecule has 0 saturated heterocycles. The van der Waals surface area contributed by atoms with Crippen LogP contribution < -0.4 is 0 Å². The average molecular weight is 188 g/mol. The number of rotatable bonds is 2. The van der Waals surface area contributed by atoms with Crippen molar-refractivity contribution in [3.05, 3.63) is 24.3 Å². The molecule has 0 N–H and O–H groups in total. The van der Waals surface area contributed by atoms with Crippen LogP contribution in [-0.2, 0) is 0 Å². The summed E-state index contributed by atoms with van der Waals surface area (Å²) in [4.78, 5) is 0. The van der Waals surface area contributed by atoms with Gasteiger partial charge in [0.05, 0.1) is 0 Å². The molecule has 1 fully saturated rings. The molecule has 0 aliphatic heterocycles. The zero-order valence-corrected chi connectivity index (χ0v) is 9.24. The molecule has 0 aromatic heterocycles. The van der Waals surface area contributed by atoms with Gasteiger partial charge in [0.1, 0.15) is 0 Å². The number of allylic oxidation sites excluding steroid dienone is 4. The average Bonchev–Trinajstić information content (AvgIpc) is 2.90. The topological polar surface area (TPSA) is 0 Å². The molecule has 2 bridgehead atoms. The second-order valence-corrected chi connectivity index (χ2v) is 5.35. The van der Waals surface area contributed by atoms with E-state index < -0.39 is 0 Å². The molecule has 0 aromatic rings. The summed E-state index contributed by atoms with van der Waals surface area (Å²) < 4.78 is 0. The van der Waals surface area contributed by atoms with Crippen molar-refractivity contribution in [2.75, 3.05) is 0 Å². The Labute approximate surface area is 87.1 Å². The Morgan fingerprint density at radius 2 is 1.79 bits per heavy atom. The molecular formula is C14H20. The minimum Gasteiger partial charge on any atom is -0.0848 e. The van der Waals surface area contributed by atoms with Gasteiger partial charge in [0.2, 0.25) is 0 Å². The largest absolute Gasteiger partial charge is 0.0848 e. The predicted molar refractivity (Wildman–Crippen MR) is 59.9 cm³/mol. The fourth-order valence-corrected chi connectivity index (χ4v) is 4.30. The molecule has 1 saturated carbocycles. The first-order valence-electron chi connectivity index (χ1n) is 6.18. The first-order valence-corrected chi connectivity index (χ1v) is 6.18. The van der Waals surface area contributed by atoms with Crippen LogP contribution in [0.1, 0.15) is 33.1 Å². The van der Waals surface area contributed by atoms with Crippen molar-refractivity contribution in [2.24, 2.45) is 29.1 Å². The van der Waals surface area contributed by atoms with Gasteiger partial charge in [0, 0.05) is 0 Å². The van der Waals surface area contributed by atoms with Crippen LogP contribution in [0.3, 0.4) is 0 Å². The maximum Gasteiger partial charge on any atom is -0.00837 e. The van der Waals surface area contributed by atoms with E-state index in [4.69, 9.17) is 0 Å². The molecule has 0 spiro atoms. The summed E-state index contributed by atoms with van der Waals surface area (Å²) >= 11 is 0. The highest BCUT2D eigenvalue weighted by atomic mass is 14.6. The van der Waals surface area contributed by atoms with Crippen molar-refractivity contribution in [3.8, 4) is 0 Å². The highest BCUT2D eigenvalue weighted by molar-refractivity contribution is 5.27. The third-order valence-electron chi connectivity index (χ3n) is 5.15. The maximum absolute atomic E-state index is 2.55. The Hall–Kier alpha value is -0.520. The molecule has 0 unspecified atom stereocenters. The molecule has 14 heavy (non-hydrogen) atoms. The van der Waals surface area contributed by atoms with Crippen LogP contribution in [0.15, 0.2) is 24.3 Å². The lowest BCUT2D eigenvalue weighted by Crippen LogP contribution is -2.30. The third kappa shape index (κ3) is 0.852.